The second-order valence-electron chi connectivity index (χ2n) is 7.08. The van der Waals surface area contributed by atoms with E-state index in [0.717, 1.165) is 38.8 Å². The maximum Gasteiger partial charge on any atom is 0.407 e. The van der Waals surface area contributed by atoms with Crippen molar-refractivity contribution in [1.29, 1.82) is 0 Å². The lowest BCUT2D eigenvalue weighted by Crippen LogP contribution is -2.39. The van der Waals surface area contributed by atoms with Gasteiger partial charge < -0.3 is 20.1 Å². The van der Waals surface area contributed by atoms with Gasteiger partial charge in [0.25, 0.3) is 0 Å². The Morgan fingerprint density at radius 1 is 1.24 bits per heavy atom. The van der Waals surface area contributed by atoms with E-state index >= 15 is 0 Å². The van der Waals surface area contributed by atoms with Crippen molar-refractivity contribution >= 4 is 6.09 Å². The molecule has 0 heterocycles. The van der Waals surface area contributed by atoms with Crippen molar-refractivity contribution in [2.24, 2.45) is 0 Å². The molecule has 0 saturated heterocycles. The van der Waals surface area contributed by atoms with Crippen molar-refractivity contribution in [2.45, 2.75) is 84.1 Å². The quantitative estimate of drug-likeness (QED) is 0.710. The highest BCUT2D eigenvalue weighted by molar-refractivity contribution is 5.68. The predicted octanol–water partition coefficient (Wildman–Crippen LogP) is 2.84. The Morgan fingerprint density at radius 2 is 1.90 bits per heavy atom. The standard InChI is InChI=1S/C16H32N2O3/c1-12(2)20-10-6-9-17-13-7-8-14(11-13)18-15(19)21-16(3,4)5/h12-14,17H,6-11H2,1-5H3,(H,18,19). The molecule has 1 aliphatic carbocycles. The molecule has 1 rings (SSSR count). The van der Waals surface area contributed by atoms with Crippen molar-refractivity contribution in [3.8, 4) is 0 Å². The van der Waals surface area contributed by atoms with Crippen LogP contribution >= 0.6 is 0 Å². The first-order chi connectivity index (χ1) is 9.76. The molecule has 5 heteroatoms. The first-order valence-electron chi connectivity index (χ1n) is 8.11. The number of ether oxygens (including phenoxy) is 2. The van der Waals surface area contributed by atoms with Crippen LogP contribution in [0.4, 0.5) is 4.79 Å². The molecule has 0 bridgehead atoms. The van der Waals surface area contributed by atoms with Crippen LogP contribution in [0.15, 0.2) is 0 Å². The number of hydrogen-bond donors (Lipinski definition) is 2. The second kappa shape index (κ2) is 8.59. The lowest BCUT2D eigenvalue weighted by molar-refractivity contribution is 0.0505. The van der Waals surface area contributed by atoms with Crippen LogP contribution in [0.1, 0.15) is 60.3 Å². The summed E-state index contributed by atoms with van der Waals surface area (Å²) in [5.74, 6) is 0. The van der Waals surface area contributed by atoms with Crippen LogP contribution < -0.4 is 10.6 Å². The molecule has 0 aromatic carbocycles. The average Bonchev–Trinajstić information content (AvgIpc) is 2.73. The SMILES string of the molecule is CC(C)OCCCNC1CCC(NC(=O)OC(C)(C)C)C1. The molecule has 2 atom stereocenters. The number of rotatable bonds is 7. The van der Waals surface area contributed by atoms with E-state index in [2.05, 4.69) is 24.5 Å². The lowest BCUT2D eigenvalue weighted by Gasteiger charge is -2.21. The van der Waals surface area contributed by atoms with Gasteiger partial charge in [-0.3, -0.25) is 0 Å². The smallest absolute Gasteiger partial charge is 0.407 e. The van der Waals surface area contributed by atoms with E-state index in [0.29, 0.717) is 12.1 Å². The number of alkyl carbamates (subject to hydrolysis) is 1. The van der Waals surface area contributed by atoms with E-state index in [1.807, 2.05) is 20.8 Å². The first-order valence-corrected chi connectivity index (χ1v) is 8.11. The Morgan fingerprint density at radius 3 is 2.52 bits per heavy atom. The maximum absolute atomic E-state index is 11.7. The van der Waals surface area contributed by atoms with Gasteiger partial charge in [-0.1, -0.05) is 0 Å². The summed E-state index contributed by atoms with van der Waals surface area (Å²) in [4.78, 5) is 11.7. The molecule has 1 fully saturated rings. The topological polar surface area (TPSA) is 59.6 Å². The fourth-order valence-electron chi connectivity index (χ4n) is 2.47. The van der Waals surface area contributed by atoms with Crippen molar-refractivity contribution in [3.05, 3.63) is 0 Å². The van der Waals surface area contributed by atoms with Gasteiger partial charge in [-0.05, 0) is 66.8 Å². The Balaban J connectivity index is 2.11. The minimum Gasteiger partial charge on any atom is -0.444 e. The number of hydrogen-bond acceptors (Lipinski definition) is 4. The summed E-state index contributed by atoms with van der Waals surface area (Å²) in [7, 11) is 0. The van der Waals surface area contributed by atoms with Crippen molar-refractivity contribution in [3.63, 3.8) is 0 Å². The minimum absolute atomic E-state index is 0.226. The van der Waals surface area contributed by atoms with Crippen LogP contribution in [0.25, 0.3) is 0 Å². The number of nitrogens with one attached hydrogen (secondary N) is 2. The van der Waals surface area contributed by atoms with Gasteiger partial charge in [0.15, 0.2) is 0 Å². The fourth-order valence-corrected chi connectivity index (χ4v) is 2.47. The minimum atomic E-state index is -0.434. The summed E-state index contributed by atoms with van der Waals surface area (Å²) in [6.07, 6.45) is 4.12. The van der Waals surface area contributed by atoms with Crippen LogP contribution in [0.2, 0.25) is 0 Å². The van der Waals surface area contributed by atoms with Gasteiger partial charge in [0.1, 0.15) is 5.60 Å². The summed E-state index contributed by atoms with van der Waals surface area (Å²) in [6.45, 7) is 11.5. The van der Waals surface area contributed by atoms with Gasteiger partial charge >= 0.3 is 6.09 Å². The van der Waals surface area contributed by atoms with E-state index in [-0.39, 0.29) is 12.1 Å². The second-order valence-corrected chi connectivity index (χ2v) is 7.08. The van der Waals surface area contributed by atoms with Gasteiger partial charge in [-0.25, -0.2) is 4.79 Å². The molecule has 1 amide bonds. The zero-order valence-electron chi connectivity index (χ0n) is 14.2. The molecule has 1 saturated carbocycles. The molecule has 124 valence electrons. The normalized spacial score (nSPS) is 22.6. The molecule has 2 unspecified atom stereocenters. The van der Waals surface area contributed by atoms with Gasteiger partial charge in [-0.15, -0.1) is 0 Å². The van der Waals surface area contributed by atoms with Crippen LogP contribution in [-0.4, -0.2) is 43.0 Å². The third-order valence-corrected chi connectivity index (χ3v) is 3.36. The summed E-state index contributed by atoms with van der Waals surface area (Å²) < 4.78 is 10.8. The van der Waals surface area contributed by atoms with Crippen LogP contribution in [0.5, 0.6) is 0 Å². The molecule has 0 aliphatic heterocycles. The van der Waals surface area contributed by atoms with Gasteiger partial charge in [0, 0.05) is 18.7 Å². The van der Waals surface area contributed by atoms with E-state index < -0.39 is 5.60 Å². The molecule has 0 aromatic rings. The van der Waals surface area contributed by atoms with Crippen LogP contribution in [0.3, 0.4) is 0 Å². The Hall–Kier alpha value is -0.810. The van der Waals surface area contributed by atoms with Gasteiger partial charge in [-0.2, -0.15) is 0 Å². The molecule has 5 nitrogen and oxygen atoms in total. The lowest BCUT2D eigenvalue weighted by atomic mass is 10.2. The molecule has 1 aliphatic rings. The number of amides is 1. The van der Waals surface area contributed by atoms with Gasteiger partial charge in [0.05, 0.1) is 6.10 Å². The summed E-state index contributed by atoms with van der Waals surface area (Å²) in [5, 5.41) is 6.49. The monoisotopic (exact) mass is 300 g/mol. The van der Waals surface area contributed by atoms with Crippen molar-refractivity contribution < 1.29 is 14.3 Å². The largest absolute Gasteiger partial charge is 0.444 e. The summed E-state index contributed by atoms with van der Waals surface area (Å²) >= 11 is 0. The molecular formula is C16H32N2O3. The van der Waals surface area contributed by atoms with Crippen LogP contribution in [-0.2, 0) is 9.47 Å². The van der Waals surface area contributed by atoms with E-state index in [9.17, 15) is 4.79 Å². The Kier molecular flexibility index (Phi) is 7.46. The van der Waals surface area contributed by atoms with Crippen molar-refractivity contribution in [2.75, 3.05) is 13.2 Å². The third kappa shape index (κ3) is 8.94. The summed E-state index contributed by atoms with van der Waals surface area (Å²) in [6, 6.07) is 0.716. The molecule has 0 radical (unpaired) electrons. The molecular weight excluding hydrogens is 268 g/mol. The van der Waals surface area contributed by atoms with E-state index in [1.54, 1.807) is 0 Å². The molecule has 0 spiro atoms. The van der Waals surface area contributed by atoms with Crippen LogP contribution in [0, 0.1) is 0 Å². The first kappa shape index (κ1) is 18.2. The van der Waals surface area contributed by atoms with E-state index in [4.69, 9.17) is 9.47 Å². The molecule has 0 aromatic heterocycles. The Bertz CT molecular complexity index is 313. The maximum atomic E-state index is 11.7. The fraction of sp³-hybridized carbons (Fsp3) is 0.938. The third-order valence-electron chi connectivity index (χ3n) is 3.36. The highest BCUT2D eigenvalue weighted by atomic mass is 16.6. The average molecular weight is 300 g/mol. The zero-order valence-corrected chi connectivity index (χ0v) is 14.2. The zero-order chi connectivity index (χ0) is 15.9. The van der Waals surface area contributed by atoms with Gasteiger partial charge in [0.2, 0.25) is 0 Å². The van der Waals surface area contributed by atoms with Crippen molar-refractivity contribution in [1.82, 2.24) is 10.6 Å². The highest BCUT2D eigenvalue weighted by Gasteiger charge is 2.27. The molecule has 21 heavy (non-hydrogen) atoms. The Labute approximate surface area is 129 Å². The molecule has 2 N–H and O–H groups in total. The number of carbonyl (C=O) groups excluding carboxylic acids is 1. The highest BCUT2D eigenvalue weighted by Crippen LogP contribution is 2.19. The number of carbonyl (C=O) groups is 1. The van der Waals surface area contributed by atoms with E-state index in [1.165, 1.54) is 0 Å². The predicted molar refractivity (Wildman–Crippen MR) is 84.5 cm³/mol. The summed E-state index contributed by atoms with van der Waals surface area (Å²) in [5.41, 5.74) is -0.434.